The maximum Gasteiger partial charge on any atom is 0.251 e. The molecule has 0 radical (unpaired) electrons. The molecule has 0 saturated carbocycles. The summed E-state index contributed by atoms with van der Waals surface area (Å²) in [6, 6.07) is 16.2. The molecule has 0 spiro atoms. The van der Waals surface area contributed by atoms with Crippen molar-refractivity contribution in [3.05, 3.63) is 65.2 Å². The molecule has 0 atom stereocenters. The van der Waals surface area contributed by atoms with E-state index in [-0.39, 0.29) is 11.8 Å². The van der Waals surface area contributed by atoms with Gasteiger partial charge in [0.25, 0.3) is 5.91 Å². The third-order valence-electron chi connectivity index (χ3n) is 4.05. The monoisotopic (exact) mass is 319 g/mol. The van der Waals surface area contributed by atoms with Crippen LogP contribution in [0.1, 0.15) is 34.3 Å². The van der Waals surface area contributed by atoms with Gasteiger partial charge in [0.1, 0.15) is 0 Å². The van der Waals surface area contributed by atoms with Gasteiger partial charge in [-0.25, -0.2) is 0 Å². The van der Waals surface area contributed by atoms with Crippen LogP contribution in [0.5, 0.6) is 0 Å². The van der Waals surface area contributed by atoms with E-state index in [9.17, 15) is 9.59 Å². The Bertz CT molecular complexity index is 789. The van der Waals surface area contributed by atoms with E-state index in [1.54, 1.807) is 29.2 Å². The second kappa shape index (κ2) is 6.97. The van der Waals surface area contributed by atoms with E-state index in [2.05, 4.69) is 5.32 Å². The van der Waals surface area contributed by atoms with E-state index in [1.165, 1.54) is 0 Å². The van der Waals surface area contributed by atoms with E-state index in [4.69, 9.17) is 5.26 Å². The van der Waals surface area contributed by atoms with E-state index < -0.39 is 0 Å². The lowest BCUT2D eigenvalue weighted by Gasteiger charge is -2.16. The molecule has 1 heterocycles. The minimum Gasteiger partial charge on any atom is -0.348 e. The minimum absolute atomic E-state index is 0.164. The first-order chi connectivity index (χ1) is 11.7. The van der Waals surface area contributed by atoms with E-state index in [0.717, 1.165) is 24.2 Å². The Morgan fingerprint density at radius 2 is 1.83 bits per heavy atom. The van der Waals surface area contributed by atoms with Crippen molar-refractivity contribution >= 4 is 17.5 Å². The summed E-state index contributed by atoms with van der Waals surface area (Å²) in [5.74, 6) is -0.0184. The summed E-state index contributed by atoms with van der Waals surface area (Å²) in [4.78, 5) is 25.6. The summed E-state index contributed by atoms with van der Waals surface area (Å²) in [6.45, 7) is 1.18. The fourth-order valence-corrected chi connectivity index (χ4v) is 2.70. The molecule has 1 fully saturated rings. The van der Waals surface area contributed by atoms with Crippen LogP contribution in [0, 0.1) is 11.3 Å². The van der Waals surface area contributed by atoms with Crippen LogP contribution in [0.2, 0.25) is 0 Å². The van der Waals surface area contributed by atoms with Gasteiger partial charge >= 0.3 is 0 Å². The van der Waals surface area contributed by atoms with Crippen molar-refractivity contribution in [1.82, 2.24) is 5.32 Å². The number of carbonyl (C=O) groups is 2. The van der Waals surface area contributed by atoms with Crippen molar-refractivity contribution in [1.29, 1.82) is 5.26 Å². The molecule has 2 aromatic rings. The van der Waals surface area contributed by atoms with E-state index in [0.29, 0.717) is 24.1 Å². The highest BCUT2D eigenvalue weighted by Gasteiger charge is 2.21. The molecule has 0 unspecified atom stereocenters. The zero-order chi connectivity index (χ0) is 16.9. The van der Waals surface area contributed by atoms with Gasteiger partial charge in [0.2, 0.25) is 5.91 Å². The first kappa shape index (κ1) is 15.8. The van der Waals surface area contributed by atoms with Crippen LogP contribution in [-0.2, 0) is 11.3 Å². The molecular formula is C19H17N3O2. The molecule has 1 N–H and O–H groups in total. The van der Waals surface area contributed by atoms with Crippen molar-refractivity contribution in [3.8, 4) is 6.07 Å². The molecule has 2 aromatic carbocycles. The van der Waals surface area contributed by atoms with Crippen LogP contribution in [-0.4, -0.2) is 18.4 Å². The number of nitriles is 1. The summed E-state index contributed by atoms with van der Waals surface area (Å²) in [5, 5.41) is 11.6. The summed E-state index contributed by atoms with van der Waals surface area (Å²) in [7, 11) is 0. The smallest absolute Gasteiger partial charge is 0.251 e. The molecule has 1 aliphatic heterocycles. The Morgan fingerprint density at radius 1 is 1.12 bits per heavy atom. The predicted octanol–water partition coefficient (Wildman–Crippen LogP) is 2.62. The first-order valence-electron chi connectivity index (χ1n) is 7.85. The average Bonchev–Trinajstić information content (AvgIpc) is 3.06. The molecule has 5 heteroatoms. The molecule has 120 valence electrons. The average molecular weight is 319 g/mol. The minimum atomic E-state index is -0.182. The van der Waals surface area contributed by atoms with Crippen LogP contribution < -0.4 is 10.2 Å². The number of nitrogens with one attached hydrogen (secondary N) is 1. The zero-order valence-electron chi connectivity index (χ0n) is 13.2. The molecule has 0 aromatic heterocycles. The second-order valence-corrected chi connectivity index (χ2v) is 5.69. The number of amides is 2. The Balaban J connectivity index is 1.59. The fraction of sp³-hybridized carbons (Fsp3) is 0.211. The van der Waals surface area contributed by atoms with Crippen molar-refractivity contribution < 1.29 is 9.59 Å². The van der Waals surface area contributed by atoms with Gasteiger partial charge in [-0.1, -0.05) is 12.1 Å². The van der Waals surface area contributed by atoms with Crippen molar-refractivity contribution in [2.24, 2.45) is 0 Å². The van der Waals surface area contributed by atoms with E-state index >= 15 is 0 Å². The van der Waals surface area contributed by atoms with Gasteiger partial charge in [-0.2, -0.15) is 5.26 Å². The standard InChI is InChI=1S/C19H17N3O2/c20-12-14-3-7-16(8-4-14)19(24)21-13-15-5-9-17(10-6-15)22-11-1-2-18(22)23/h3-10H,1-2,11,13H2,(H,21,24). The fourth-order valence-electron chi connectivity index (χ4n) is 2.70. The number of anilines is 1. The molecular weight excluding hydrogens is 302 g/mol. The Morgan fingerprint density at radius 3 is 2.42 bits per heavy atom. The zero-order valence-corrected chi connectivity index (χ0v) is 13.2. The van der Waals surface area contributed by atoms with Crippen LogP contribution in [0.3, 0.4) is 0 Å². The maximum absolute atomic E-state index is 12.1. The molecule has 0 bridgehead atoms. The Kier molecular flexibility index (Phi) is 4.57. The molecule has 1 aliphatic rings. The van der Waals surface area contributed by atoms with Gasteiger partial charge in [0.15, 0.2) is 0 Å². The van der Waals surface area contributed by atoms with Crippen LogP contribution in [0.25, 0.3) is 0 Å². The van der Waals surface area contributed by atoms with Crippen molar-refractivity contribution in [2.45, 2.75) is 19.4 Å². The first-order valence-corrected chi connectivity index (χ1v) is 7.85. The van der Waals surface area contributed by atoms with Crippen molar-refractivity contribution in [3.63, 3.8) is 0 Å². The van der Waals surface area contributed by atoms with Crippen molar-refractivity contribution in [2.75, 3.05) is 11.4 Å². The van der Waals surface area contributed by atoms with Gasteiger partial charge in [0, 0.05) is 30.8 Å². The lowest BCUT2D eigenvalue weighted by molar-refractivity contribution is -0.117. The number of nitrogens with zero attached hydrogens (tertiary/aromatic N) is 2. The normalized spacial score (nSPS) is 13.6. The number of benzene rings is 2. The quantitative estimate of drug-likeness (QED) is 0.941. The lowest BCUT2D eigenvalue weighted by atomic mass is 10.1. The van der Waals surface area contributed by atoms with Gasteiger partial charge in [-0.3, -0.25) is 9.59 Å². The maximum atomic E-state index is 12.1. The highest BCUT2D eigenvalue weighted by Crippen LogP contribution is 2.21. The molecule has 24 heavy (non-hydrogen) atoms. The topological polar surface area (TPSA) is 73.2 Å². The van der Waals surface area contributed by atoms with Gasteiger partial charge < -0.3 is 10.2 Å². The third-order valence-corrected chi connectivity index (χ3v) is 4.05. The Labute approximate surface area is 140 Å². The highest BCUT2D eigenvalue weighted by molar-refractivity contribution is 5.95. The van der Waals surface area contributed by atoms with Gasteiger partial charge in [-0.05, 0) is 48.4 Å². The second-order valence-electron chi connectivity index (χ2n) is 5.69. The van der Waals surface area contributed by atoms with Crippen LogP contribution >= 0.6 is 0 Å². The SMILES string of the molecule is N#Cc1ccc(C(=O)NCc2ccc(N3CCCC3=O)cc2)cc1. The molecule has 2 amide bonds. The summed E-state index contributed by atoms with van der Waals surface area (Å²) < 4.78 is 0. The lowest BCUT2D eigenvalue weighted by Crippen LogP contribution is -2.24. The molecule has 1 saturated heterocycles. The third kappa shape index (κ3) is 3.44. The van der Waals surface area contributed by atoms with Crippen LogP contribution in [0.15, 0.2) is 48.5 Å². The number of hydrogen-bond acceptors (Lipinski definition) is 3. The highest BCUT2D eigenvalue weighted by atomic mass is 16.2. The summed E-state index contributed by atoms with van der Waals surface area (Å²) in [6.07, 6.45) is 1.52. The number of carbonyl (C=O) groups excluding carboxylic acids is 2. The Hall–Kier alpha value is -3.13. The summed E-state index contributed by atoms with van der Waals surface area (Å²) >= 11 is 0. The van der Waals surface area contributed by atoms with Gasteiger partial charge in [-0.15, -0.1) is 0 Å². The molecule has 0 aliphatic carbocycles. The number of hydrogen-bond donors (Lipinski definition) is 1. The molecule has 3 rings (SSSR count). The van der Waals surface area contributed by atoms with Gasteiger partial charge in [0.05, 0.1) is 11.6 Å². The predicted molar refractivity (Wildman–Crippen MR) is 90.4 cm³/mol. The van der Waals surface area contributed by atoms with Crippen LogP contribution in [0.4, 0.5) is 5.69 Å². The summed E-state index contributed by atoms with van der Waals surface area (Å²) in [5.41, 5.74) is 2.92. The number of rotatable bonds is 4. The molecule has 5 nitrogen and oxygen atoms in total. The van der Waals surface area contributed by atoms with E-state index in [1.807, 2.05) is 30.3 Å². The largest absolute Gasteiger partial charge is 0.348 e.